The summed E-state index contributed by atoms with van der Waals surface area (Å²) < 4.78 is 76.2. The van der Waals surface area contributed by atoms with E-state index < -0.39 is 54.5 Å². The Balaban J connectivity index is 1.39. The van der Waals surface area contributed by atoms with Gasteiger partial charge in [0.25, 0.3) is 0 Å². The quantitative estimate of drug-likeness (QED) is 0.407. The lowest BCUT2D eigenvalue weighted by molar-refractivity contribution is -0.213. The number of imidazole rings is 1. The molecule has 3 N–H and O–H groups in total. The lowest BCUT2D eigenvalue weighted by Gasteiger charge is -2.46. The van der Waals surface area contributed by atoms with Crippen molar-refractivity contribution in [3.63, 3.8) is 0 Å². The van der Waals surface area contributed by atoms with Crippen molar-refractivity contribution >= 4 is 5.91 Å². The van der Waals surface area contributed by atoms with Gasteiger partial charge in [-0.05, 0) is 93.9 Å². The summed E-state index contributed by atoms with van der Waals surface area (Å²) in [4.78, 5) is 13.8. The van der Waals surface area contributed by atoms with E-state index in [9.17, 15) is 22.4 Å². The Morgan fingerprint density at radius 1 is 1.07 bits per heavy atom. The second-order valence-corrected chi connectivity index (χ2v) is 13.2. The summed E-state index contributed by atoms with van der Waals surface area (Å²) in [7, 11) is 1.73. The summed E-state index contributed by atoms with van der Waals surface area (Å²) in [6, 6.07) is -0.0110. The van der Waals surface area contributed by atoms with Gasteiger partial charge in [0.1, 0.15) is 12.3 Å². The highest BCUT2D eigenvalue weighted by Gasteiger charge is 2.55. The first kappa shape index (κ1) is 29.6. The van der Waals surface area contributed by atoms with Crippen LogP contribution in [0, 0.1) is 46.8 Å². The predicted octanol–water partition coefficient (Wildman–Crippen LogP) is 4.89. The molecule has 226 valence electrons. The van der Waals surface area contributed by atoms with Crippen LogP contribution in [0.5, 0.6) is 0 Å². The van der Waals surface area contributed by atoms with E-state index in [0.717, 1.165) is 32.2 Å². The highest BCUT2D eigenvalue weighted by atomic mass is 19.4. The predicted molar refractivity (Wildman–Crippen MR) is 140 cm³/mol. The van der Waals surface area contributed by atoms with E-state index in [1.165, 1.54) is 0 Å². The molecule has 1 aliphatic heterocycles. The molecule has 0 radical (unpaired) electrons. The van der Waals surface area contributed by atoms with Gasteiger partial charge >= 0.3 is 6.18 Å². The number of aryl methyl sites for hydroxylation is 1. The third-order valence-electron chi connectivity index (χ3n) is 10.2. The fourth-order valence-corrected chi connectivity index (χ4v) is 7.89. The van der Waals surface area contributed by atoms with Crippen molar-refractivity contribution < 1.29 is 26.7 Å². The zero-order valence-corrected chi connectivity index (χ0v) is 23.5. The highest BCUT2D eigenvalue weighted by molar-refractivity contribution is 5.80. The van der Waals surface area contributed by atoms with Crippen molar-refractivity contribution in [1.82, 2.24) is 19.8 Å². The average molecular weight is 574 g/mol. The Bertz CT molecular complexity index is 1080. The summed E-state index contributed by atoms with van der Waals surface area (Å²) >= 11 is 0. The number of amides is 1. The van der Waals surface area contributed by atoms with Crippen LogP contribution >= 0.6 is 0 Å². The fraction of sp³-hybridized carbons (Fsp3) is 0.862. The minimum atomic E-state index is -4.62. The number of hydrogen-bond donors (Lipinski definition) is 3. The second kappa shape index (κ2) is 11.8. The van der Waals surface area contributed by atoms with Crippen LogP contribution in [0.4, 0.5) is 22.0 Å². The zero-order chi connectivity index (χ0) is 28.8. The maximum atomic E-state index is 16.4. The molecule has 10 atom stereocenters. The molecule has 6 nitrogen and oxygen atoms in total. The number of alkyl halides is 5. The first-order chi connectivity index (χ1) is 18.9. The van der Waals surface area contributed by atoms with Gasteiger partial charge in [-0.3, -0.25) is 10.2 Å². The summed E-state index contributed by atoms with van der Waals surface area (Å²) in [5.41, 5.74) is 0.234. The van der Waals surface area contributed by atoms with Crippen LogP contribution in [0.3, 0.4) is 0 Å². The van der Waals surface area contributed by atoms with E-state index in [1.54, 1.807) is 28.6 Å². The Kier molecular flexibility index (Phi) is 8.70. The van der Waals surface area contributed by atoms with E-state index in [2.05, 4.69) is 17.6 Å². The van der Waals surface area contributed by atoms with Crippen LogP contribution in [-0.4, -0.2) is 52.2 Å². The number of aromatic nitrogens is 2. The van der Waals surface area contributed by atoms with Crippen LogP contribution in [-0.2, 0) is 18.4 Å². The number of rotatable bonds is 7. The van der Waals surface area contributed by atoms with Crippen molar-refractivity contribution in [1.29, 1.82) is 5.41 Å². The van der Waals surface area contributed by atoms with Gasteiger partial charge in [-0.1, -0.05) is 6.92 Å². The molecular formula is C29H44F5N5O. The van der Waals surface area contributed by atoms with E-state index >= 15 is 4.39 Å². The smallest absolute Gasteiger partial charge is 0.351 e. The van der Waals surface area contributed by atoms with Crippen LogP contribution in [0.25, 0.3) is 0 Å². The van der Waals surface area contributed by atoms with E-state index in [1.807, 2.05) is 0 Å². The molecule has 3 aliphatic carbocycles. The third-order valence-corrected chi connectivity index (χ3v) is 10.2. The maximum absolute atomic E-state index is 16.4. The molecule has 5 rings (SSSR count). The summed E-state index contributed by atoms with van der Waals surface area (Å²) in [5.74, 6) is -4.85. The monoisotopic (exact) mass is 573 g/mol. The molecule has 0 bridgehead atoms. The number of nitrogens with one attached hydrogen (secondary N) is 3. The number of carbonyl (C=O) groups excluding carboxylic acids is 1. The Labute approximate surface area is 233 Å². The first-order valence-electron chi connectivity index (χ1n) is 15.1. The van der Waals surface area contributed by atoms with Crippen LogP contribution < -0.4 is 16.3 Å². The lowest BCUT2D eigenvalue weighted by atomic mass is 9.62. The molecule has 2 heterocycles. The molecule has 0 aromatic carbocycles. The summed E-state index contributed by atoms with van der Waals surface area (Å²) in [6.45, 7) is 3.39. The number of hydrogen-bond acceptors (Lipinski definition) is 3. The second-order valence-electron chi connectivity index (χ2n) is 13.2. The van der Waals surface area contributed by atoms with Gasteiger partial charge in [-0.15, -0.1) is 0 Å². The minimum Gasteiger partial charge on any atom is -0.351 e. The maximum Gasteiger partial charge on any atom is 0.392 e. The Morgan fingerprint density at radius 3 is 2.45 bits per heavy atom. The van der Waals surface area contributed by atoms with Gasteiger partial charge in [-0.2, -0.15) is 13.2 Å². The van der Waals surface area contributed by atoms with E-state index in [4.69, 9.17) is 5.41 Å². The minimum absolute atomic E-state index is 0.0123. The van der Waals surface area contributed by atoms with E-state index in [-0.39, 0.29) is 49.3 Å². The van der Waals surface area contributed by atoms with Crippen molar-refractivity contribution in [2.24, 2.45) is 48.5 Å². The van der Waals surface area contributed by atoms with Crippen molar-refractivity contribution in [2.75, 3.05) is 6.54 Å². The fourth-order valence-electron chi connectivity index (χ4n) is 7.89. The first-order valence-corrected chi connectivity index (χ1v) is 15.1. The molecule has 40 heavy (non-hydrogen) atoms. The highest BCUT2D eigenvalue weighted by Crippen LogP contribution is 2.51. The molecule has 1 aromatic rings. The molecular weight excluding hydrogens is 529 g/mol. The van der Waals surface area contributed by atoms with Gasteiger partial charge in [-0.25, -0.2) is 8.78 Å². The van der Waals surface area contributed by atoms with Crippen LogP contribution in [0.1, 0.15) is 64.7 Å². The summed E-state index contributed by atoms with van der Waals surface area (Å²) in [6.07, 6.45) is -0.717. The summed E-state index contributed by atoms with van der Waals surface area (Å²) in [5, 5.41) is 15.0. The molecule has 9 unspecified atom stereocenters. The average Bonchev–Trinajstić information content (AvgIpc) is 3.69. The van der Waals surface area contributed by atoms with Crippen LogP contribution in [0.2, 0.25) is 0 Å². The van der Waals surface area contributed by atoms with Crippen molar-refractivity contribution in [3.05, 3.63) is 18.0 Å². The van der Waals surface area contributed by atoms with Gasteiger partial charge in [0.2, 0.25) is 11.5 Å². The van der Waals surface area contributed by atoms with Gasteiger partial charge < -0.3 is 19.8 Å². The lowest BCUT2D eigenvalue weighted by Crippen LogP contribution is -2.57. The van der Waals surface area contributed by atoms with Crippen molar-refractivity contribution in [2.45, 2.75) is 102 Å². The number of nitrogens with zero attached hydrogens (tertiary/aromatic N) is 2. The van der Waals surface area contributed by atoms with Gasteiger partial charge in [0.15, 0.2) is 0 Å². The zero-order valence-electron chi connectivity index (χ0n) is 23.5. The van der Waals surface area contributed by atoms with Gasteiger partial charge in [0, 0.05) is 38.1 Å². The molecule has 3 saturated carbocycles. The third kappa shape index (κ3) is 6.44. The van der Waals surface area contributed by atoms with Crippen molar-refractivity contribution in [3.8, 4) is 0 Å². The molecule has 1 aromatic heterocycles. The molecule has 4 fully saturated rings. The number of piperidine rings is 1. The molecule has 0 spiro atoms. The topological polar surface area (TPSA) is 74.8 Å². The SMILES string of the molecule is CC1CCNC([C@@H](NC(=O)C2CC(Cn3ccn(C)c3=N)CC(C3CCC(F)CC3C(F)(F)F)C2F)C2CC2)C1. The number of carbonyl (C=O) groups is 1. The standard InChI is InChI=1S/C29H44F5N5O/c1-16-7-8-36-24(11-16)26(18-3-4-18)37-27(40)22-13-17(15-39-10-9-38(2)28(39)35)12-21(25(22)31)20-6-5-19(30)14-23(20)29(32,33)34/h9-10,16-26,35-36H,3-8,11-15H2,1-2H3,(H,37,40)/t16?,17?,19?,20?,21?,22?,23?,24?,25?,26-/m0/s1. The molecule has 1 saturated heterocycles. The molecule has 4 aliphatic rings. The van der Waals surface area contributed by atoms with Gasteiger partial charge in [0.05, 0.1) is 11.8 Å². The molecule has 1 amide bonds. The van der Waals surface area contributed by atoms with Crippen LogP contribution in [0.15, 0.2) is 12.4 Å². The Hall–Kier alpha value is -1.91. The Morgan fingerprint density at radius 2 is 1.82 bits per heavy atom. The van der Waals surface area contributed by atoms with E-state index in [0.29, 0.717) is 18.4 Å². The molecule has 11 heteroatoms. The largest absolute Gasteiger partial charge is 0.392 e. The normalized spacial score (nSPS) is 38.1. The number of halogens is 5.